The Balaban J connectivity index is 2.12. The maximum Gasteiger partial charge on any atom is 0.418 e. The van der Waals surface area contributed by atoms with Gasteiger partial charge in [-0.15, -0.1) is 4.28 Å². The number of hydroxylamine groups is 2. The molecule has 0 aromatic heterocycles. The highest BCUT2D eigenvalue weighted by molar-refractivity contribution is 7.80. The van der Waals surface area contributed by atoms with Crippen molar-refractivity contribution in [3.8, 4) is 0 Å². The first-order valence-corrected chi connectivity index (χ1v) is 6.04. The van der Waals surface area contributed by atoms with Gasteiger partial charge in [0.05, 0.1) is 13.2 Å². The molecule has 96 valence electrons. The predicted molar refractivity (Wildman–Crippen MR) is 50.8 cm³/mol. The largest absolute Gasteiger partial charge is 0.467 e. The van der Waals surface area contributed by atoms with Crippen LogP contribution in [0.1, 0.15) is 6.42 Å². The van der Waals surface area contributed by atoms with E-state index in [1.54, 1.807) is 0 Å². The van der Waals surface area contributed by atoms with Gasteiger partial charge in [-0.3, -0.25) is 4.55 Å². The minimum Gasteiger partial charge on any atom is -0.467 e. The number of hydrogen-bond acceptors (Lipinski definition) is 6. The molecule has 2 heterocycles. The monoisotopic (exact) mass is 266 g/mol. The van der Waals surface area contributed by atoms with Crippen LogP contribution in [0.25, 0.3) is 0 Å². The molecule has 0 aromatic rings. The Bertz CT molecular complexity index is 461. The van der Waals surface area contributed by atoms with E-state index in [0.717, 1.165) is 4.90 Å². The molecule has 2 unspecified atom stereocenters. The summed E-state index contributed by atoms with van der Waals surface area (Å²) in [6.45, 7) is 0.161. The smallest absolute Gasteiger partial charge is 0.418 e. The third kappa shape index (κ3) is 2.06. The van der Waals surface area contributed by atoms with E-state index in [1.165, 1.54) is 7.11 Å². The van der Waals surface area contributed by atoms with Crippen molar-refractivity contribution < 1.29 is 31.6 Å². The molecule has 1 N–H and O–H groups in total. The first kappa shape index (κ1) is 12.1. The van der Waals surface area contributed by atoms with Crippen LogP contribution in [0.4, 0.5) is 4.79 Å². The fourth-order valence-electron chi connectivity index (χ4n) is 2.03. The van der Waals surface area contributed by atoms with Gasteiger partial charge in [0.2, 0.25) is 0 Å². The fraction of sp³-hybridized carbons (Fsp3) is 0.714. The van der Waals surface area contributed by atoms with Crippen LogP contribution in [-0.4, -0.2) is 60.7 Å². The SMILES string of the molecule is COC(=O)C1CC2CN1C(=O)N2OS(=O)(=O)O. The number of methoxy groups -OCH3 is 1. The number of nitrogens with zero attached hydrogens (tertiary/aromatic N) is 2. The van der Waals surface area contributed by atoms with E-state index >= 15 is 0 Å². The number of urea groups is 1. The summed E-state index contributed by atoms with van der Waals surface area (Å²) in [7, 11) is -3.54. The Hall–Kier alpha value is -1.39. The number of carbonyl (C=O) groups excluding carboxylic acids is 2. The van der Waals surface area contributed by atoms with Gasteiger partial charge in [-0.1, -0.05) is 0 Å². The van der Waals surface area contributed by atoms with Gasteiger partial charge < -0.3 is 9.64 Å². The second-order valence-electron chi connectivity index (χ2n) is 3.69. The van der Waals surface area contributed by atoms with Gasteiger partial charge in [-0.25, -0.2) is 9.59 Å². The average molecular weight is 266 g/mol. The van der Waals surface area contributed by atoms with Crippen molar-refractivity contribution in [1.29, 1.82) is 0 Å². The lowest BCUT2D eigenvalue weighted by molar-refractivity contribution is -0.146. The molecule has 10 heteroatoms. The molecule has 9 nitrogen and oxygen atoms in total. The van der Waals surface area contributed by atoms with E-state index in [0.29, 0.717) is 5.06 Å². The van der Waals surface area contributed by atoms with Crippen molar-refractivity contribution in [3.05, 3.63) is 0 Å². The molecule has 0 saturated carbocycles. The van der Waals surface area contributed by atoms with Crippen molar-refractivity contribution >= 4 is 22.4 Å². The molecule has 2 rings (SSSR count). The van der Waals surface area contributed by atoms with E-state index in [-0.39, 0.29) is 13.0 Å². The summed E-state index contributed by atoms with van der Waals surface area (Å²) in [5, 5.41) is 0.550. The quantitative estimate of drug-likeness (QED) is 0.502. The second kappa shape index (κ2) is 3.82. The van der Waals surface area contributed by atoms with Crippen LogP contribution in [0.2, 0.25) is 0 Å². The molecule has 0 aliphatic carbocycles. The van der Waals surface area contributed by atoms with Crippen LogP contribution in [0.3, 0.4) is 0 Å². The molecule has 2 fully saturated rings. The Kier molecular flexibility index (Phi) is 2.72. The summed E-state index contributed by atoms with van der Waals surface area (Å²) in [6.07, 6.45) is 0.202. The van der Waals surface area contributed by atoms with E-state index in [1.807, 2.05) is 0 Å². The number of esters is 1. The molecule has 17 heavy (non-hydrogen) atoms. The first-order chi connectivity index (χ1) is 7.83. The number of hydrogen-bond donors (Lipinski definition) is 1. The number of carbonyl (C=O) groups is 2. The zero-order valence-electron chi connectivity index (χ0n) is 8.77. The van der Waals surface area contributed by atoms with Crippen LogP contribution in [-0.2, 0) is 24.2 Å². The summed E-state index contributed by atoms with van der Waals surface area (Å²) >= 11 is 0. The van der Waals surface area contributed by atoms with Gasteiger partial charge in [0.1, 0.15) is 6.04 Å². The average Bonchev–Trinajstić information content (AvgIpc) is 2.76. The standard InChI is InChI=1S/C7H10N2O7S/c1-15-6(10)5-2-4-3-8(5)7(11)9(4)16-17(12,13)14/h4-5H,2-3H2,1H3,(H,12,13,14). The maximum atomic E-state index is 11.6. The Labute approximate surface area is 96.8 Å². The van der Waals surface area contributed by atoms with Crippen molar-refractivity contribution in [3.63, 3.8) is 0 Å². The van der Waals surface area contributed by atoms with Crippen molar-refractivity contribution in [2.75, 3.05) is 13.7 Å². The number of rotatable bonds is 3. The molecule has 2 aliphatic rings. The van der Waals surface area contributed by atoms with Crippen molar-refractivity contribution in [1.82, 2.24) is 9.96 Å². The highest BCUT2D eigenvalue weighted by Gasteiger charge is 2.53. The number of amides is 2. The minimum absolute atomic E-state index is 0.161. The molecule has 0 spiro atoms. The lowest BCUT2D eigenvalue weighted by Gasteiger charge is -2.28. The molecule has 0 radical (unpaired) electrons. The fourth-order valence-corrected chi connectivity index (χ4v) is 2.42. The van der Waals surface area contributed by atoms with Crippen LogP contribution in [0.15, 0.2) is 0 Å². The maximum absolute atomic E-state index is 11.6. The second-order valence-corrected chi connectivity index (χ2v) is 4.70. The number of ether oxygens (including phenoxy) is 1. The molecule has 2 atom stereocenters. The van der Waals surface area contributed by atoms with Crippen LogP contribution < -0.4 is 0 Å². The minimum atomic E-state index is -4.74. The van der Waals surface area contributed by atoms with Crippen molar-refractivity contribution in [2.24, 2.45) is 0 Å². The van der Waals surface area contributed by atoms with Gasteiger partial charge in [0.25, 0.3) is 0 Å². The number of fused-ring (bicyclic) bond motifs is 2. The topological polar surface area (TPSA) is 113 Å². The van der Waals surface area contributed by atoms with Crippen LogP contribution in [0.5, 0.6) is 0 Å². The molecule has 2 bridgehead atoms. The van der Waals surface area contributed by atoms with Gasteiger partial charge in [0, 0.05) is 13.0 Å². The zero-order valence-corrected chi connectivity index (χ0v) is 9.58. The van der Waals surface area contributed by atoms with Gasteiger partial charge in [0.15, 0.2) is 0 Å². The summed E-state index contributed by atoms with van der Waals surface area (Å²) in [6, 6.07) is -2.10. The highest BCUT2D eigenvalue weighted by Crippen LogP contribution is 2.32. The first-order valence-electron chi connectivity index (χ1n) is 4.68. The Morgan fingerprint density at radius 2 is 2.18 bits per heavy atom. The molecule has 2 saturated heterocycles. The normalized spacial score (nSPS) is 27.8. The highest BCUT2D eigenvalue weighted by atomic mass is 32.3. The third-order valence-corrected chi connectivity index (χ3v) is 3.04. The summed E-state index contributed by atoms with van der Waals surface area (Å²) in [5.41, 5.74) is 0. The predicted octanol–water partition coefficient (Wildman–Crippen LogP) is -1.23. The van der Waals surface area contributed by atoms with Crippen LogP contribution in [0, 0.1) is 0 Å². The summed E-state index contributed by atoms with van der Waals surface area (Å²) in [4.78, 5) is 24.1. The third-order valence-electron chi connectivity index (χ3n) is 2.69. The Morgan fingerprint density at radius 1 is 1.53 bits per heavy atom. The van der Waals surface area contributed by atoms with E-state index in [9.17, 15) is 18.0 Å². The van der Waals surface area contributed by atoms with E-state index in [2.05, 4.69) is 9.02 Å². The molecular weight excluding hydrogens is 256 g/mol. The zero-order chi connectivity index (χ0) is 12.8. The lowest BCUT2D eigenvalue weighted by atomic mass is 10.1. The van der Waals surface area contributed by atoms with Gasteiger partial charge in [-0.05, 0) is 0 Å². The molecule has 0 aromatic carbocycles. The van der Waals surface area contributed by atoms with Crippen molar-refractivity contribution in [2.45, 2.75) is 18.5 Å². The molecule has 2 aliphatic heterocycles. The lowest BCUT2D eigenvalue weighted by Crippen LogP contribution is -2.49. The van der Waals surface area contributed by atoms with Crippen LogP contribution >= 0.6 is 0 Å². The summed E-state index contributed by atoms with van der Waals surface area (Å²) in [5.74, 6) is -0.563. The molecular formula is C7H10N2O7S. The molecule has 2 amide bonds. The van der Waals surface area contributed by atoms with E-state index < -0.39 is 34.5 Å². The van der Waals surface area contributed by atoms with E-state index in [4.69, 9.17) is 4.55 Å². The van der Waals surface area contributed by atoms with Gasteiger partial charge in [-0.2, -0.15) is 13.5 Å². The Morgan fingerprint density at radius 3 is 2.65 bits per heavy atom. The summed E-state index contributed by atoms with van der Waals surface area (Å²) < 4.78 is 38.1. The van der Waals surface area contributed by atoms with Gasteiger partial charge >= 0.3 is 22.4 Å².